The molecule has 0 aliphatic carbocycles. The highest BCUT2D eigenvalue weighted by molar-refractivity contribution is 14.1. The largest absolute Gasteiger partial charge is 0.490 e. The molecule has 6 heteroatoms. The minimum Gasteiger partial charge on any atom is -0.490 e. The van der Waals surface area contributed by atoms with Crippen LogP contribution in [0.2, 0.25) is 0 Å². The van der Waals surface area contributed by atoms with Gasteiger partial charge < -0.3 is 9.64 Å². The molecule has 1 aromatic carbocycles. The molecule has 0 bridgehead atoms. The van der Waals surface area contributed by atoms with Gasteiger partial charge in [-0.15, -0.1) is 12.4 Å². The van der Waals surface area contributed by atoms with E-state index in [1.54, 1.807) is 0 Å². The Labute approximate surface area is 156 Å². The molecule has 1 aromatic rings. The van der Waals surface area contributed by atoms with Crippen molar-refractivity contribution >= 4 is 80.2 Å². The zero-order valence-electron chi connectivity index (χ0n) is 10.4. The fourth-order valence-corrected chi connectivity index (χ4v) is 5.38. The Morgan fingerprint density at radius 2 is 1.56 bits per heavy atom. The van der Waals surface area contributed by atoms with E-state index in [9.17, 15) is 0 Å². The van der Waals surface area contributed by atoms with Crippen LogP contribution in [0.25, 0.3) is 0 Å². The molecule has 0 saturated carbocycles. The molecular weight excluding hydrogens is 590 g/mol. The number of likely N-dealkylation sites (N-methyl/N-ethyl adjacent to an activating group) is 1. The van der Waals surface area contributed by atoms with E-state index >= 15 is 0 Å². The molecule has 104 valence electrons. The average molecular weight is 607 g/mol. The van der Waals surface area contributed by atoms with Crippen molar-refractivity contribution in [3.8, 4) is 5.75 Å². The van der Waals surface area contributed by atoms with E-state index in [4.69, 9.17) is 4.74 Å². The molecule has 0 amide bonds. The quantitative estimate of drug-likeness (QED) is 0.438. The van der Waals surface area contributed by atoms with Gasteiger partial charge in [-0.1, -0.05) is 13.8 Å². The Morgan fingerprint density at radius 1 is 1.06 bits per heavy atom. The summed E-state index contributed by atoms with van der Waals surface area (Å²) in [4.78, 5) is 2.37. The van der Waals surface area contributed by atoms with Crippen LogP contribution in [-0.2, 0) is 0 Å². The van der Waals surface area contributed by atoms with E-state index in [1.807, 2.05) is 0 Å². The van der Waals surface area contributed by atoms with E-state index in [0.717, 1.165) is 32.0 Å². The van der Waals surface area contributed by atoms with Crippen molar-refractivity contribution in [2.24, 2.45) is 0 Å². The lowest BCUT2D eigenvalue weighted by molar-refractivity contribution is 0.221. The van der Waals surface area contributed by atoms with Crippen molar-refractivity contribution in [2.45, 2.75) is 13.8 Å². The lowest BCUT2D eigenvalue weighted by Crippen LogP contribution is -2.28. The number of hydrogen-bond acceptors (Lipinski definition) is 2. The van der Waals surface area contributed by atoms with Gasteiger partial charge in [-0.05, 0) is 93.0 Å². The fraction of sp³-hybridized carbons (Fsp3) is 0.500. The molecule has 0 heterocycles. The minimum atomic E-state index is 0. The van der Waals surface area contributed by atoms with Gasteiger partial charge in [0.25, 0.3) is 0 Å². The molecule has 0 unspecified atom stereocenters. The smallest absolute Gasteiger partial charge is 0.146 e. The Balaban J connectivity index is 0.00000289. The molecule has 0 radical (unpaired) electrons. The third-order valence-corrected chi connectivity index (χ3v) is 4.74. The van der Waals surface area contributed by atoms with E-state index in [2.05, 4.69) is 98.7 Å². The van der Waals surface area contributed by atoms with Gasteiger partial charge in [0.1, 0.15) is 12.4 Å². The second-order valence-corrected chi connectivity index (χ2v) is 7.14. The first-order chi connectivity index (χ1) is 8.08. The molecule has 0 aliphatic rings. The van der Waals surface area contributed by atoms with Crippen LogP contribution >= 0.6 is 80.2 Å². The molecule has 0 atom stereocenters. The number of benzene rings is 1. The number of ether oxygens (including phenoxy) is 1. The topological polar surface area (TPSA) is 12.5 Å². The highest BCUT2D eigenvalue weighted by Gasteiger charge is 2.08. The van der Waals surface area contributed by atoms with Crippen LogP contribution in [0.15, 0.2) is 12.1 Å². The van der Waals surface area contributed by atoms with Gasteiger partial charge in [0.05, 0.1) is 7.14 Å². The van der Waals surface area contributed by atoms with Crippen LogP contribution in [-0.4, -0.2) is 31.1 Å². The van der Waals surface area contributed by atoms with Gasteiger partial charge in [-0.3, -0.25) is 0 Å². The monoisotopic (exact) mass is 607 g/mol. The molecular formula is C12H17ClI3NO. The van der Waals surface area contributed by atoms with E-state index in [0.29, 0.717) is 0 Å². The third-order valence-electron chi connectivity index (χ3n) is 2.51. The molecule has 0 fully saturated rings. The maximum absolute atomic E-state index is 5.90. The molecule has 0 N–H and O–H groups in total. The summed E-state index contributed by atoms with van der Waals surface area (Å²) in [5.41, 5.74) is 0. The van der Waals surface area contributed by atoms with Gasteiger partial charge in [-0.25, -0.2) is 0 Å². The van der Waals surface area contributed by atoms with Crippen molar-refractivity contribution in [2.75, 3.05) is 26.2 Å². The van der Waals surface area contributed by atoms with E-state index < -0.39 is 0 Å². The predicted octanol–water partition coefficient (Wildman–Crippen LogP) is 4.64. The van der Waals surface area contributed by atoms with Crippen LogP contribution in [0.1, 0.15) is 13.8 Å². The van der Waals surface area contributed by atoms with Crippen LogP contribution in [0.4, 0.5) is 0 Å². The summed E-state index contributed by atoms with van der Waals surface area (Å²) >= 11 is 7.01. The first kappa shape index (κ1) is 19.5. The molecule has 18 heavy (non-hydrogen) atoms. The van der Waals surface area contributed by atoms with Gasteiger partial charge >= 0.3 is 0 Å². The lowest BCUT2D eigenvalue weighted by Gasteiger charge is -2.19. The summed E-state index contributed by atoms with van der Waals surface area (Å²) in [6, 6.07) is 4.30. The van der Waals surface area contributed by atoms with Gasteiger partial charge in [-0.2, -0.15) is 0 Å². The normalized spacial score (nSPS) is 10.3. The molecule has 1 rings (SSSR count). The SMILES string of the molecule is CCN(CC)CCOc1c(I)cc(I)cc1I.Cl. The second kappa shape index (κ2) is 10.2. The Kier molecular flexibility index (Phi) is 11.1. The lowest BCUT2D eigenvalue weighted by atomic mass is 10.3. The highest BCUT2D eigenvalue weighted by atomic mass is 127. The third kappa shape index (κ3) is 6.27. The summed E-state index contributed by atoms with van der Waals surface area (Å²) < 4.78 is 9.54. The minimum absolute atomic E-state index is 0. The Morgan fingerprint density at radius 3 is 2.00 bits per heavy atom. The Bertz CT molecular complexity index is 349. The van der Waals surface area contributed by atoms with Crippen molar-refractivity contribution in [3.63, 3.8) is 0 Å². The highest BCUT2D eigenvalue weighted by Crippen LogP contribution is 2.29. The maximum Gasteiger partial charge on any atom is 0.146 e. The van der Waals surface area contributed by atoms with E-state index in [-0.39, 0.29) is 12.4 Å². The predicted molar refractivity (Wildman–Crippen MR) is 105 cm³/mol. The number of halogens is 4. The summed E-state index contributed by atoms with van der Waals surface area (Å²) in [5.74, 6) is 1.03. The maximum atomic E-state index is 5.90. The van der Waals surface area contributed by atoms with E-state index in [1.165, 1.54) is 10.7 Å². The molecule has 2 nitrogen and oxygen atoms in total. The average Bonchev–Trinajstić information content (AvgIpc) is 2.27. The summed E-state index contributed by atoms with van der Waals surface area (Å²) in [6.07, 6.45) is 0. The van der Waals surface area contributed by atoms with Crippen LogP contribution in [0.3, 0.4) is 0 Å². The van der Waals surface area contributed by atoms with Crippen molar-refractivity contribution in [3.05, 3.63) is 22.8 Å². The second-order valence-electron chi connectivity index (χ2n) is 3.57. The van der Waals surface area contributed by atoms with Crippen LogP contribution < -0.4 is 4.74 Å². The van der Waals surface area contributed by atoms with Gasteiger partial charge in [0.15, 0.2) is 0 Å². The van der Waals surface area contributed by atoms with Gasteiger partial charge in [0.2, 0.25) is 0 Å². The van der Waals surface area contributed by atoms with Gasteiger partial charge in [0, 0.05) is 10.1 Å². The standard InChI is InChI=1S/C12H16I3NO.ClH/c1-3-16(4-2)5-6-17-12-10(14)7-9(13)8-11(12)15;/h7-8H,3-6H2,1-2H3;1H. The fourth-order valence-electron chi connectivity index (χ4n) is 1.48. The molecule has 0 spiro atoms. The number of rotatable bonds is 6. The van der Waals surface area contributed by atoms with Crippen molar-refractivity contribution < 1.29 is 4.74 Å². The molecule has 0 aromatic heterocycles. The first-order valence-corrected chi connectivity index (χ1v) is 8.81. The first-order valence-electron chi connectivity index (χ1n) is 5.58. The summed E-state index contributed by atoms with van der Waals surface area (Å²) in [6.45, 7) is 8.28. The number of nitrogens with zero attached hydrogens (tertiary/aromatic N) is 1. The Hall–Kier alpha value is 1.46. The van der Waals surface area contributed by atoms with Crippen LogP contribution in [0, 0.1) is 10.7 Å². The molecule has 0 saturated heterocycles. The summed E-state index contributed by atoms with van der Waals surface area (Å²) in [5, 5.41) is 0. The van der Waals surface area contributed by atoms with Crippen molar-refractivity contribution in [1.29, 1.82) is 0 Å². The van der Waals surface area contributed by atoms with Crippen molar-refractivity contribution in [1.82, 2.24) is 4.90 Å². The van der Waals surface area contributed by atoms with Crippen LogP contribution in [0.5, 0.6) is 5.75 Å². The molecule has 0 aliphatic heterocycles. The zero-order chi connectivity index (χ0) is 12.8. The zero-order valence-corrected chi connectivity index (χ0v) is 17.7. The summed E-state index contributed by atoms with van der Waals surface area (Å²) in [7, 11) is 0. The number of hydrogen-bond donors (Lipinski definition) is 0.